The molecule has 14 nitrogen and oxygen atoms in total. The predicted molar refractivity (Wildman–Crippen MR) is 206 cm³/mol. The number of nitrogens with zero attached hydrogens (tertiary/aromatic N) is 3. The largest absolute Gasteiger partial charge is 0.462 e. The van der Waals surface area contributed by atoms with Crippen molar-refractivity contribution < 1.29 is 37.1 Å². The van der Waals surface area contributed by atoms with Crippen LogP contribution in [0.2, 0.25) is 0 Å². The van der Waals surface area contributed by atoms with E-state index >= 15 is 0 Å². The maximum atomic E-state index is 14.9. The first-order valence-corrected chi connectivity index (χ1v) is 22.6. The Morgan fingerprint density at radius 3 is 2.39 bits per heavy atom. The number of esters is 1. The van der Waals surface area contributed by atoms with Crippen molar-refractivity contribution in [2.75, 3.05) is 6.54 Å². The molecular weight excluding hydrogens is 739 g/mol. The average Bonchev–Trinajstić information content (AvgIpc) is 3.96. The molecule has 5 fully saturated rings. The summed E-state index contributed by atoms with van der Waals surface area (Å²) in [5.41, 5.74) is -1.18. The van der Waals surface area contributed by atoms with E-state index in [1.807, 2.05) is 6.92 Å². The van der Waals surface area contributed by atoms with E-state index in [1.165, 1.54) is 4.90 Å². The highest BCUT2D eigenvalue weighted by molar-refractivity contribution is 7.91. The number of ether oxygens (including phenoxy) is 2. The van der Waals surface area contributed by atoms with Gasteiger partial charge in [0.25, 0.3) is 17.5 Å². The summed E-state index contributed by atoms with van der Waals surface area (Å²) in [5, 5.41) is 2.77. The quantitative estimate of drug-likeness (QED) is 0.387. The topological polar surface area (TPSA) is 183 Å². The standard InChI is InChI=1S/C41H55N5O9S/c1-2-27-23-41(27,39(51)44-56(52,53)29-18-19-29)43-36(48)33-21-28-24-46(33)38(50)31(25-11-5-6-12-25)22-35(47)55-34-17-10-14-26(34)13-4-3-9-20-45-37(49)30-15-7-8-16-32(30)42-40(45)54-28/h7-8,15-16,25-29,31,33-34H,2-6,9-14,17-24H2,1H3,(H,43,48)(H,44,51)/t26-,27+,28-,31+,33+,34-,41-/m1/s1. The summed E-state index contributed by atoms with van der Waals surface area (Å²) in [7, 11) is -3.87. The van der Waals surface area contributed by atoms with Crippen molar-refractivity contribution in [3.63, 3.8) is 0 Å². The van der Waals surface area contributed by atoms with Gasteiger partial charge in [0.15, 0.2) is 0 Å². The maximum absolute atomic E-state index is 14.9. The van der Waals surface area contributed by atoms with Crippen molar-refractivity contribution in [1.82, 2.24) is 24.5 Å². The number of fused-ring (bicyclic) bond motifs is 5. The minimum atomic E-state index is -3.87. The Morgan fingerprint density at radius 1 is 0.911 bits per heavy atom. The highest BCUT2D eigenvalue weighted by atomic mass is 32.2. The van der Waals surface area contributed by atoms with Crippen molar-refractivity contribution in [2.45, 2.75) is 152 Å². The lowest BCUT2D eigenvalue weighted by atomic mass is 9.86. The van der Waals surface area contributed by atoms with Gasteiger partial charge in [0, 0.05) is 13.0 Å². The van der Waals surface area contributed by atoms with Crippen LogP contribution in [0.3, 0.4) is 0 Å². The minimum Gasteiger partial charge on any atom is -0.462 e. The number of benzene rings is 1. The van der Waals surface area contributed by atoms with E-state index in [2.05, 4.69) is 10.0 Å². The molecule has 7 atom stereocenters. The molecule has 4 saturated carbocycles. The molecule has 0 spiro atoms. The molecular formula is C41H55N5O9S. The van der Waals surface area contributed by atoms with Crippen LogP contribution in [-0.2, 0) is 40.5 Å². The van der Waals surface area contributed by atoms with Crippen LogP contribution in [-0.4, -0.2) is 82.1 Å². The zero-order valence-electron chi connectivity index (χ0n) is 32.3. The lowest BCUT2D eigenvalue weighted by Crippen LogP contribution is -2.57. The van der Waals surface area contributed by atoms with E-state index in [0.29, 0.717) is 43.1 Å². The fraction of sp³-hybridized carbons (Fsp3) is 0.707. The van der Waals surface area contributed by atoms with E-state index < -0.39 is 50.7 Å². The molecule has 3 amide bonds. The van der Waals surface area contributed by atoms with Crippen LogP contribution in [0.25, 0.3) is 10.9 Å². The Morgan fingerprint density at radius 2 is 1.64 bits per heavy atom. The highest BCUT2D eigenvalue weighted by Gasteiger charge is 2.62. The van der Waals surface area contributed by atoms with Crippen molar-refractivity contribution in [2.24, 2.45) is 23.7 Å². The van der Waals surface area contributed by atoms with E-state index in [1.54, 1.807) is 28.8 Å². The number of hydrogen-bond donors (Lipinski definition) is 2. The third kappa shape index (κ3) is 7.80. The lowest BCUT2D eigenvalue weighted by Gasteiger charge is -2.32. The maximum Gasteiger partial charge on any atom is 0.306 e. The van der Waals surface area contributed by atoms with Crippen LogP contribution in [0, 0.1) is 23.7 Å². The Hall–Kier alpha value is -4.01. The number of nitrogens with one attached hydrogen (secondary N) is 2. The van der Waals surface area contributed by atoms with E-state index in [-0.39, 0.29) is 73.1 Å². The molecule has 15 heteroatoms. The van der Waals surface area contributed by atoms with Crippen molar-refractivity contribution in [3.8, 4) is 6.01 Å². The number of carbonyl (C=O) groups is 4. The van der Waals surface area contributed by atoms with Gasteiger partial charge in [-0.25, -0.2) is 8.42 Å². The summed E-state index contributed by atoms with van der Waals surface area (Å²) in [6, 6.07) is 6.13. The zero-order valence-corrected chi connectivity index (χ0v) is 33.1. The van der Waals surface area contributed by atoms with Crippen molar-refractivity contribution in [3.05, 3.63) is 34.6 Å². The zero-order chi connectivity index (χ0) is 39.2. The van der Waals surface area contributed by atoms with Gasteiger partial charge >= 0.3 is 5.97 Å². The Balaban J connectivity index is 1.13. The van der Waals surface area contributed by atoms with Crippen LogP contribution in [0.15, 0.2) is 29.1 Å². The van der Waals surface area contributed by atoms with Gasteiger partial charge < -0.3 is 19.7 Å². The first-order valence-electron chi connectivity index (χ1n) is 21.0. The second-order valence-corrected chi connectivity index (χ2v) is 19.2. The third-order valence-electron chi connectivity index (χ3n) is 13.5. The fourth-order valence-electron chi connectivity index (χ4n) is 10.0. The van der Waals surface area contributed by atoms with E-state index in [4.69, 9.17) is 14.5 Å². The highest BCUT2D eigenvalue weighted by Crippen LogP contribution is 2.47. The number of rotatable bonds is 7. The third-order valence-corrected chi connectivity index (χ3v) is 15.3. The molecule has 3 heterocycles. The monoisotopic (exact) mass is 793 g/mol. The summed E-state index contributed by atoms with van der Waals surface area (Å²) in [4.78, 5) is 76.9. The van der Waals surface area contributed by atoms with Crippen LogP contribution in [0.4, 0.5) is 0 Å². The molecule has 2 bridgehead atoms. The van der Waals surface area contributed by atoms with Crippen LogP contribution in [0.5, 0.6) is 6.01 Å². The molecule has 304 valence electrons. The molecule has 1 aromatic carbocycles. The normalized spacial score (nSPS) is 31.8. The van der Waals surface area contributed by atoms with Gasteiger partial charge in [-0.1, -0.05) is 51.2 Å². The van der Waals surface area contributed by atoms with Gasteiger partial charge in [-0.3, -0.25) is 33.3 Å². The summed E-state index contributed by atoms with van der Waals surface area (Å²) in [6.07, 6.45) is 10.4. The Kier molecular flexibility index (Phi) is 10.9. The van der Waals surface area contributed by atoms with Crippen LogP contribution in [0.1, 0.15) is 116 Å². The smallest absolute Gasteiger partial charge is 0.306 e. The first kappa shape index (κ1) is 38.8. The molecule has 8 rings (SSSR count). The molecule has 0 unspecified atom stereocenters. The van der Waals surface area contributed by atoms with Gasteiger partial charge in [-0.2, -0.15) is 4.98 Å². The molecule has 1 aromatic heterocycles. The number of sulfonamides is 1. The molecule has 0 radical (unpaired) electrons. The van der Waals surface area contributed by atoms with Gasteiger partial charge in [-0.05, 0) is 94.1 Å². The minimum absolute atomic E-state index is 0.00491. The van der Waals surface area contributed by atoms with Gasteiger partial charge in [0.05, 0.1) is 35.0 Å². The van der Waals surface area contributed by atoms with E-state index in [9.17, 15) is 32.4 Å². The second-order valence-electron chi connectivity index (χ2n) is 17.2. The summed E-state index contributed by atoms with van der Waals surface area (Å²) < 4.78 is 42.1. The van der Waals surface area contributed by atoms with E-state index in [0.717, 1.165) is 64.2 Å². The Bertz CT molecular complexity index is 2030. The van der Waals surface area contributed by atoms with Gasteiger partial charge in [0.1, 0.15) is 23.8 Å². The number of carbonyl (C=O) groups excluding carboxylic acids is 4. The second kappa shape index (κ2) is 15.7. The summed E-state index contributed by atoms with van der Waals surface area (Å²) in [5.74, 6) is -2.88. The molecule has 56 heavy (non-hydrogen) atoms. The van der Waals surface area contributed by atoms with Crippen LogP contribution < -0.4 is 20.3 Å². The number of hydrogen-bond acceptors (Lipinski definition) is 10. The molecule has 2 aliphatic heterocycles. The Labute approximate surface area is 327 Å². The van der Waals surface area contributed by atoms with Gasteiger partial charge in [-0.15, -0.1) is 0 Å². The first-order chi connectivity index (χ1) is 27.0. The number of para-hydroxylation sites is 1. The molecule has 4 aliphatic carbocycles. The van der Waals surface area contributed by atoms with Gasteiger partial charge in [0.2, 0.25) is 21.8 Å². The SMILES string of the molecule is CC[C@H]1C[C@]1(NC(=O)[C@@H]1C[C@@H]2CN1C(=O)[C@H](C1CCCC1)CC(=O)O[C@@H]1CCC[C@H]1CCCCCn1c(nc3ccccc3c1=O)O2)C(=O)NS(=O)(=O)C1CC1. The fourth-order valence-corrected chi connectivity index (χ4v) is 11.4. The van der Waals surface area contributed by atoms with Crippen molar-refractivity contribution in [1.29, 1.82) is 0 Å². The summed E-state index contributed by atoms with van der Waals surface area (Å²) >= 11 is 0. The average molecular weight is 794 g/mol. The molecule has 6 aliphatic rings. The lowest BCUT2D eigenvalue weighted by molar-refractivity contribution is -0.156. The molecule has 1 saturated heterocycles. The number of aromatic nitrogens is 2. The molecule has 2 aromatic rings. The predicted octanol–water partition coefficient (Wildman–Crippen LogP) is 4.12. The van der Waals surface area contributed by atoms with Crippen LogP contribution >= 0.6 is 0 Å². The van der Waals surface area contributed by atoms with Crippen molar-refractivity contribution >= 4 is 44.6 Å². The molecule has 2 N–H and O–H groups in total. The summed E-state index contributed by atoms with van der Waals surface area (Å²) in [6.45, 7) is 2.25. The number of amides is 3.